The maximum Gasteiger partial charge on any atom is 0.407 e. The molecule has 140 valence electrons. The minimum Gasteiger partial charge on any atom is -0.444 e. The van der Waals surface area contributed by atoms with Gasteiger partial charge in [0.1, 0.15) is 5.60 Å². The number of alkyl carbamates (subject to hydrolysis) is 1. The minimum atomic E-state index is -0.434. The first-order chi connectivity index (χ1) is 11.8. The molecule has 0 aliphatic heterocycles. The van der Waals surface area contributed by atoms with Crippen LogP contribution in [0.1, 0.15) is 53.4 Å². The number of ether oxygens (including phenoxy) is 1. The molecule has 0 radical (unpaired) electrons. The number of amides is 1. The zero-order valence-electron chi connectivity index (χ0n) is 15.8. The average molecular weight is 458 g/mol. The van der Waals surface area contributed by atoms with Gasteiger partial charge in [-0.05, 0) is 106 Å². The molecule has 0 saturated heterocycles. The Morgan fingerprint density at radius 3 is 2.32 bits per heavy atom. The SMILES string of the molecule is CCN(C[C@H]1CC[C@H](NC(=O)OC(C)(C)C)CC1)c1ccc(I)cc1. The van der Waals surface area contributed by atoms with E-state index < -0.39 is 5.60 Å². The molecule has 0 unspecified atom stereocenters. The number of hydrogen-bond acceptors (Lipinski definition) is 3. The maximum absolute atomic E-state index is 11.9. The third-order valence-electron chi connectivity index (χ3n) is 4.62. The van der Waals surface area contributed by atoms with Gasteiger partial charge in [-0.2, -0.15) is 0 Å². The minimum absolute atomic E-state index is 0.250. The molecular formula is C20H31IN2O2. The predicted molar refractivity (Wildman–Crippen MR) is 112 cm³/mol. The summed E-state index contributed by atoms with van der Waals surface area (Å²) in [7, 11) is 0. The zero-order valence-corrected chi connectivity index (χ0v) is 18.0. The van der Waals surface area contributed by atoms with Crippen LogP contribution in [0.4, 0.5) is 10.5 Å². The summed E-state index contributed by atoms with van der Waals surface area (Å²) in [5.74, 6) is 0.691. The van der Waals surface area contributed by atoms with Gasteiger partial charge in [0.2, 0.25) is 0 Å². The molecule has 0 spiro atoms. The van der Waals surface area contributed by atoms with Gasteiger partial charge in [0.25, 0.3) is 0 Å². The molecule has 1 aromatic rings. The summed E-state index contributed by atoms with van der Waals surface area (Å²) in [6.45, 7) is 10.0. The fraction of sp³-hybridized carbons (Fsp3) is 0.650. The lowest BCUT2D eigenvalue weighted by atomic mass is 9.85. The first-order valence-corrected chi connectivity index (χ1v) is 10.3. The van der Waals surface area contributed by atoms with E-state index in [0.29, 0.717) is 5.92 Å². The molecule has 0 aromatic heterocycles. The Labute approximate surface area is 165 Å². The number of nitrogens with one attached hydrogen (secondary N) is 1. The van der Waals surface area contributed by atoms with Crippen LogP contribution in [-0.2, 0) is 4.74 Å². The lowest BCUT2D eigenvalue weighted by Crippen LogP contribution is -2.42. The number of hydrogen-bond donors (Lipinski definition) is 1. The Morgan fingerprint density at radius 1 is 1.20 bits per heavy atom. The molecule has 1 N–H and O–H groups in total. The standard InChI is InChI=1S/C20H31IN2O2/c1-5-23(18-12-8-16(21)9-13-18)14-15-6-10-17(11-7-15)22-19(24)25-20(2,3)4/h8-9,12-13,15,17H,5-7,10-11,14H2,1-4H3,(H,22,24)/t15-,17-. The van der Waals surface area contributed by atoms with Crippen molar-refractivity contribution >= 4 is 34.4 Å². The molecule has 1 aromatic carbocycles. The van der Waals surface area contributed by atoms with E-state index in [9.17, 15) is 4.79 Å². The van der Waals surface area contributed by atoms with E-state index in [1.165, 1.54) is 9.26 Å². The van der Waals surface area contributed by atoms with E-state index in [2.05, 4.69) is 64.0 Å². The molecule has 1 aliphatic rings. The molecule has 25 heavy (non-hydrogen) atoms. The summed E-state index contributed by atoms with van der Waals surface area (Å²) >= 11 is 2.34. The second kappa shape index (κ2) is 9.10. The Morgan fingerprint density at radius 2 is 1.80 bits per heavy atom. The summed E-state index contributed by atoms with van der Waals surface area (Å²) in [5.41, 5.74) is 0.869. The number of carbonyl (C=O) groups excluding carboxylic acids is 1. The Bertz CT molecular complexity index is 546. The molecule has 1 fully saturated rings. The van der Waals surface area contributed by atoms with E-state index in [-0.39, 0.29) is 12.1 Å². The van der Waals surface area contributed by atoms with Gasteiger partial charge in [-0.15, -0.1) is 0 Å². The Hall–Kier alpha value is -0.980. The second-order valence-electron chi connectivity index (χ2n) is 7.88. The normalized spacial score (nSPS) is 20.8. The maximum atomic E-state index is 11.9. The fourth-order valence-corrected chi connectivity index (χ4v) is 3.70. The number of rotatable bonds is 5. The lowest BCUT2D eigenvalue weighted by molar-refractivity contribution is 0.0487. The van der Waals surface area contributed by atoms with Crippen molar-refractivity contribution in [1.82, 2.24) is 5.32 Å². The first kappa shape index (κ1) is 20.3. The Balaban J connectivity index is 1.79. The molecule has 0 atom stereocenters. The van der Waals surface area contributed by atoms with Crippen LogP contribution in [0.25, 0.3) is 0 Å². The van der Waals surface area contributed by atoms with Gasteiger partial charge in [0, 0.05) is 28.4 Å². The highest BCUT2D eigenvalue weighted by Crippen LogP contribution is 2.27. The van der Waals surface area contributed by atoms with Crippen molar-refractivity contribution in [1.29, 1.82) is 0 Å². The predicted octanol–water partition coefficient (Wildman–Crippen LogP) is 5.20. The zero-order chi connectivity index (χ0) is 18.4. The van der Waals surface area contributed by atoms with Crippen LogP contribution < -0.4 is 10.2 Å². The quantitative estimate of drug-likeness (QED) is 0.617. The third kappa shape index (κ3) is 7.04. The third-order valence-corrected chi connectivity index (χ3v) is 5.34. The van der Waals surface area contributed by atoms with Gasteiger partial charge >= 0.3 is 6.09 Å². The first-order valence-electron chi connectivity index (χ1n) is 9.27. The van der Waals surface area contributed by atoms with E-state index in [1.54, 1.807) is 0 Å². The van der Waals surface area contributed by atoms with Crippen LogP contribution in [0.15, 0.2) is 24.3 Å². The fourth-order valence-electron chi connectivity index (χ4n) is 3.34. The van der Waals surface area contributed by atoms with Crippen molar-refractivity contribution in [2.75, 3.05) is 18.0 Å². The molecule has 0 bridgehead atoms. The number of benzene rings is 1. The number of carbonyl (C=O) groups is 1. The van der Waals surface area contributed by atoms with E-state index in [0.717, 1.165) is 38.8 Å². The molecule has 5 heteroatoms. The van der Waals surface area contributed by atoms with Crippen LogP contribution in [0.5, 0.6) is 0 Å². The van der Waals surface area contributed by atoms with Crippen molar-refractivity contribution < 1.29 is 9.53 Å². The Kier molecular flexibility index (Phi) is 7.40. The van der Waals surface area contributed by atoms with Crippen LogP contribution in [0, 0.1) is 9.49 Å². The van der Waals surface area contributed by atoms with Gasteiger partial charge < -0.3 is 15.0 Å². The molecule has 1 amide bonds. The van der Waals surface area contributed by atoms with Crippen molar-refractivity contribution in [2.45, 2.75) is 65.0 Å². The van der Waals surface area contributed by atoms with Crippen molar-refractivity contribution in [3.05, 3.63) is 27.8 Å². The van der Waals surface area contributed by atoms with Crippen molar-refractivity contribution in [3.8, 4) is 0 Å². The summed E-state index contributed by atoms with van der Waals surface area (Å²) in [4.78, 5) is 14.4. The van der Waals surface area contributed by atoms with Crippen LogP contribution in [-0.4, -0.2) is 30.8 Å². The van der Waals surface area contributed by atoms with Crippen LogP contribution in [0.2, 0.25) is 0 Å². The summed E-state index contributed by atoms with van der Waals surface area (Å²) < 4.78 is 6.63. The molecule has 1 aliphatic carbocycles. The van der Waals surface area contributed by atoms with E-state index >= 15 is 0 Å². The molecule has 0 heterocycles. The van der Waals surface area contributed by atoms with E-state index in [1.807, 2.05) is 20.8 Å². The van der Waals surface area contributed by atoms with Gasteiger partial charge in [0.15, 0.2) is 0 Å². The van der Waals surface area contributed by atoms with Crippen LogP contribution in [0.3, 0.4) is 0 Å². The monoisotopic (exact) mass is 458 g/mol. The van der Waals surface area contributed by atoms with Gasteiger partial charge in [-0.25, -0.2) is 4.79 Å². The number of anilines is 1. The number of halogens is 1. The smallest absolute Gasteiger partial charge is 0.407 e. The molecule has 2 rings (SSSR count). The van der Waals surface area contributed by atoms with Gasteiger partial charge in [-0.3, -0.25) is 0 Å². The topological polar surface area (TPSA) is 41.6 Å². The van der Waals surface area contributed by atoms with Crippen LogP contribution >= 0.6 is 22.6 Å². The highest BCUT2D eigenvalue weighted by Gasteiger charge is 2.25. The van der Waals surface area contributed by atoms with Crippen molar-refractivity contribution in [2.24, 2.45) is 5.92 Å². The van der Waals surface area contributed by atoms with E-state index in [4.69, 9.17) is 4.74 Å². The highest BCUT2D eigenvalue weighted by molar-refractivity contribution is 14.1. The summed E-state index contributed by atoms with van der Waals surface area (Å²) in [6.07, 6.45) is 4.09. The number of nitrogens with zero attached hydrogens (tertiary/aromatic N) is 1. The summed E-state index contributed by atoms with van der Waals surface area (Å²) in [5, 5.41) is 3.03. The molecule has 1 saturated carbocycles. The average Bonchev–Trinajstić information content (AvgIpc) is 2.53. The largest absolute Gasteiger partial charge is 0.444 e. The van der Waals surface area contributed by atoms with Gasteiger partial charge in [0.05, 0.1) is 0 Å². The second-order valence-corrected chi connectivity index (χ2v) is 9.12. The molecule has 4 nitrogen and oxygen atoms in total. The lowest BCUT2D eigenvalue weighted by Gasteiger charge is -2.34. The highest BCUT2D eigenvalue weighted by atomic mass is 127. The summed E-state index contributed by atoms with van der Waals surface area (Å²) in [6, 6.07) is 9.00. The van der Waals surface area contributed by atoms with Crippen molar-refractivity contribution in [3.63, 3.8) is 0 Å². The molecular weight excluding hydrogens is 427 g/mol. The van der Waals surface area contributed by atoms with Gasteiger partial charge in [-0.1, -0.05) is 0 Å².